The van der Waals surface area contributed by atoms with Gasteiger partial charge in [0.25, 0.3) is 0 Å². The van der Waals surface area contributed by atoms with Gasteiger partial charge in [-0.1, -0.05) is 0 Å². The van der Waals surface area contributed by atoms with Crippen LogP contribution >= 0.6 is 0 Å². The lowest BCUT2D eigenvalue weighted by atomic mass is 9.82. The number of benzene rings is 2. The summed E-state index contributed by atoms with van der Waals surface area (Å²) >= 11 is 0. The lowest BCUT2D eigenvalue weighted by Gasteiger charge is -2.26. The Balaban J connectivity index is 1.74. The molecule has 1 aromatic heterocycles. The Hall–Kier alpha value is -4.52. The minimum atomic E-state index is -0.646. The number of nitrogens with zero attached hydrogens (tertiary/aromatic N) is 2. The van der Waals surface area contributed by atoms with Crippen LogP contribution in [0.25, 0.3) is 11.3 Å². The number of H-pyrrole nitrogens is 1. The lowest BCUT2D eigenvalue weighted by molar-refractivity contribution is 0.174. The van der Waals surface area contributed by atoms with Crippen LogP contribution in [0.2, 0.25) is 0 Å². The molecule has 3 N–H and O–H groups in total. The molecule has 10 heteroatoms. The minimum Gasteiger partial charge on any atom is -0.496 e. The van der Waals surface area contributed by atoms with Gasteiger partial charge in [0.1, 0.15) is 17.4 Å². The number of ether oxygens (including phenoxy) is 6. The zero-order valence-corrected chi connectivity index (χ0v) is 18.1. The fourth-order valence-electron chi connectivity index (χ4n) is 4.11. The molecule has 0 spiro atoms. The smallest absolute Gasteiger partial charge is 0.244 e. The van der Waals surface area contributed by atoms with E-state index in [4.69, 9.17) is 34.2 Å². The highest BCUT2D eigenvalue weighted by Gasteiger charge is 2.38. The fraction of sp³-hybridized carbons (Fsp3) is 0.217. The zero-order chi connectivity index (χ0) is 23.1. The number of aromatic amines is 1. The topological polar surface area (TPSA) is 134 Å². The van der Waals surface area contributed by atoms with Gasteiger partial charge in [0.2, 0.25) is 18.6 Å². The van der Waals surface area contributed by atoms with E-state index in [0.29, 0.717) is 45.6 Å². The van der Waals surface area contributed by atoms with Gasteiger partial charge >= 0.3 is 0 Å². The van der Waals surface area contributed by atoms with E-state index in [1.165, 1.54) is 21.3 Å². The summed E-state index contributed by atoms with van der Waals surface area (Å²) in [6.07, 6.45) is 0. The first-order valence-corrected chi connectivity index (χ1v) is 9.95. The van der Waals surface area contributed by atoms with E-state index in [2.05, 4.69) is 16.3 Å². The number of allylic oxidation sites excluding steroid dienone is 1. The summed E-state index contributed by atoms with van der Waals surface area (Å²) in [6.45, 7) is 0.159. The normalized spacial score (nSPS) is 16.0. The van der Waals surface area contributed by atoms with E-state index in [-0.39, 0.29) is 24.1 Å². The molecule has 10 nitrogen and oxygen atoms in total. The number of nitrogens with one attached hydrogen (secondary N) is 1. The van der Waals surface area contributed by atoms with Gasteiger partial charge in [0, 0.05) is 17.2 Å². The quantitative estimate of drug-likeness (QED) is 0.604. The van der Waals surface area contributed by atoms with Crippen LogP contribution in [0.15, 0.2) is 41.8 Å². The number of hydrogen-bond acceptors (Lipinski definition) is 9. The van der Waals surface area contributed by atoms with Crippen molar-refractivity contribution in [1.82, 2.24) is 10.2 Å². The third-order valence-corrected chi connectivity index (χ3v) is 5.65. The average Bonchev–Trinajstić information content (AvgIpc) is 3.48. The summed E-state index contributed by atoms with van der Waals surface area (Å²) in [4.78, 5) is 0. The van der Waals surface area contributed by atoms with Crippen molar-refractivity contribution in [3.05, 3.63) is 52.9 Å². The summed E-state index contributed by atoms with van der Waals surface area (Å²) in [6, 6.07) is 11.2. The number of nitrogens with two attached hydrogens (primary N) is 1. The molecule has 5 rings (SSSR count). The first-order valence-electron chi connectivity index (χ1n) is 9.95. The lowest BCUT2D eigenvalue weighted by Crippen LogP contribution is -2.21. The van der Waals surface area contributed by atoms with Crippen LogP contribution in [0.4, 0.5) is 0 Å². The second kappa shape index (κ2) is 7.87. The highest BCUT2D eigenvalue weighted by molar-refractivity contribution is 5.74. The van der Waals surface area contributed by atoms with E-state index < -0.39 is 5.92 Å². The van der Waals surface area contributed by atoms with Gasteiger partial charge in [0.15, 0.2) is 23.0 Å². The van der Waals surface area contributed by atoms with Gasteiger partial charge in [0.05, 0.1) is 38.5 Å². The van der Waals surface area contributed by atoms with Gasteiger partial charge < -0.3 is 34.2 Å². The molecule has 2 aromatic carbocycles. The average molecular weight is 448 g/mol. The third-order valence-electron chi connectivity index (χ3n) is 5.65. The van der Waals surface area contributed by atoms with E-state index in [1.54, 1.807) is 12.1 Å². The van der Waals surface area contributed by atoms with Crippen LogP contribution in [0, 0.1) is 11.3 Å². The molecule has 2 aliphatic rings. The molecule has 0 fully saturated rings. The number of hydrogen-bond donors (Lipinski definition) is 2. The van der Waals surface area contributed by atoms with E-state index in [1.807, 2.05) is 18.2 Å². The predicted molar refractivity (Wildman–Crippen MR) is 116 cm³/mol. The maximum absolute atomic E-state index is 10.0. The molecule has 0 saturated heterocycles. The van der Waals surface area contributed by atoms with Gasteiger partial charge in [-0.05, 0) is 24.3 Å². The standard InChI is InChI=1S/C23H20N4O6/c1-28-15-8-17(30-3)16(29-2)7-12(15)19-13(9-24)22(25)33-23-20(19)21(26-27-23)11-4-5-14-18(6-11)32-10-31-14/h4-8,19H,10,25H2,1-3H3,(H,26,27)/t19-/m0/s1. The molecule has 168 valence electrons. The van der Waals surface area contributed by atoms with E-state index in [0.717, 1.165) is 5.56 Å². The van der Waals surface area contributed by atoms with Gasteiger partial charge in [-0.2, -0.15) is 5.26 Å². The Labute approximate surface area is 189 Å². The third kappa shape index (κ3) is 3.13. The highest BCUT2D eigenvalue weighted by atomic mass is 16.7. The summed E-state index contributed by atoms with van der Waals surface area (Å²) in [5.41, 5.74) is 9.03. The van der Waals surface area contributed by atoms with Crippen LogP contribution < -0.4 is 34.2 Å². The predicted octanol–water partition coefficient (Wildman–Crippen LogP) is 3.05. The van der Waals surface area contributed by atoms with Gasteiger partial charge in [-0.3, -0.25) is 5.10 Å². The van der Waals surface area contributed by atoms with Crippen molar-refractivity contribution < 1.29 is 28.4 Å². The second-order valence-corrected chi connectivity index (χ2v) is 7.26. The van der Waals surface area contributed by atoms with Crippen molar-refractivity contribution >= 4 is 0 Å². The highest BCUT2D eigenvalue weighted by Crippen LogP contribution is 2.50. The molecule has 1 atom stereocenters. The molecule has 0 amide bonds. The fourth-order valence-corrected chi connectivity index (χ4v) is 4.11. The van der Waals surface area contributed by atoms with Crippen LogP contribution in [0.5, 0.6) is 34.6 Å². The van der Waals surface area contributed by atoms with Gasteiger partial charge in [-0.15, -0.1) is 5.10 Å². The Kier molecular flexibility index (Phi) is 4.86. The molecular weight excluding hydrogens is 428 g/mol. The van der Waals surface area contributed by atoms with Crippen molar-refractivity contribution in [2.75, 3.05) is 28.1 Å². The molecule has 0 unspecified atom stereocenters. The molecule has 3 aromatic rings. The summed E-state index contributed by atoms with van der Waals surface area (Å²) in [5, 5.41) is 17.3. The Morgan fingerprint density at radius 2 is 1.76 bits per heavy atom. The molecule has 0 saturated carbocycles. The summed E-state index contributed by atoms with van der Waals surface area (Å²) in [5.74, 6) is 2.31. The Bertz CT molecular complexity index is 1320. The Morgan fingerprint density at radius 1 is 1.03 bits per heavy atom. The molecule has 0 radical (unpaired) electrons. The first-order chi connectivity index (χ1) is 16.1. The van der Waals surface area contributed by atoms with Crippen molar-refractivity contribution in [2.24, 2.45) is 5.73 Å². The van der Waals surface area contributed by atoms with Crippen molar-refractivity contribution in [2.45, 2.75) is 5.92 Å². The maximum Gasteiger partial charge on any atom is 0.244 e. The van der Waals surface area contributed by atoms with Gasteiger partial charge in [-0.25, -0.2) is 0 Å². The maximum atomic E-state index is 10.0. The van der Waals surface area contributed by atoms with Crippen LogP contribution in [-0.4, -0.2) is 38.3 Å². The SMILES string of the molecule is COc1cc(OC)c([C@H]2C(C#N)=C(N)Oc3n[nH]c(-c4ccc5c(c4)OCO5)c32)cc1OC. The molecule has 0 aliphatic carbocycles. The number of aromatic nitrogens is 2. The van der Waals surface area contributed by atoms with Crippen molar-refractivity contribution in [3.8, 4) is 52.0 Å². The molecule has 3 heterocycles. The largest absolute Gasteiger partial charge is 0.496 e. The number of nitriles is 1. The van der Waals surface area contributed by atoms with Crippen LogP contribution in [0.3, 0.4) is 0 Å². The second-order valence-electron chi connectivity index (χ2n) is 7.26. The minimum absolute atomic E-state index is 0.0319. The Morgan fingerprint density at radius 3 is 2.48 bits per heavy atom. The molecule has 0 bridgehead atoms. The van der Waals surface area contributed by atoms with Crippen LogP contribution in [0.1, 0.15) is 17.0 Å². The molecule has 2 aliphatic heterocycles. The van der Waals surface area contributed by atoms with Crippen LogP contribution in [-0.2, 0) is 0 Å². The van der Waals surface area contributed by atoms with E-state index in [9.17, 15) is 5.26 Å². The summed E-state index contributed by atoms with van der Waals surface area (Å²) in [7, 11) is 4.61. The zero-order valence-electron chi connectivity index (χ0n) is 18.1. The monoisotopic (exact) mass is 448 g/mol. The van der Waals surface area contributed by atoms with Crippen molar-refractivity contribution in [3.63, 3.8) is 0 Å². The van der Waals surface area contributed by atoms with E-state index >= 15 is 0 Å². The number of methoxy groups -OCH3 is 3. The first kappa shape index (κ1) is 20.4. The number of rotatable bonds is 5. The van der Waals surface area contributed by atoms with Crippen molar-refractivity contribution in [1.29, 1.82) is 5.26 Å². The number of fused-ring (bicyclic) bond motifs is 2. The molecule has 33 heavy (non-hydrogen) atoms. The summed E-state index contributed by atoms with van der Waals surface area (Å²) < 4.78 is 33.2. The molecular formula is C23H20N4O6.